The zero-order valence-electron chi connectivity index (χ0n) is 9.56. The summed E-state index contributed by atoms with van der Waals surface area (Å²) in [5.41, 5.74) is 1.90. The highest BCUT2D eigenvalue weighted by atomic mass is 35.5. The molecule has 0 aliphatic carbocycles. The molecule has 18 heavy (non-hydrogen) atoms. The number of nitrogens with zero attached hydrogens (tertiary/aromatic N) is 1. The number of carbonyl (C=O) groups excluding carboxylic acids is 1. The molecule has 3 heteroatoms. The lowest BCUT2D eigenvalue weighted by atomic mass is 9.99. The molecule has 0 unspecified atom stereocenters. The van der Waals surface area contributed by atoms with E-state index < -0.39 is 0 Å². The SMILES string of the molecule is N#Cc1ccccc1CC(=O)c1ccc(Cl)cc1. The third-order valence-corrected chi connectivity index (χ3v) is 2.91. The van der Waals surface area contributed by atoms with Gasteiger partial charge in [-0.05, 0) is 35.9 Å². The standard InChI is InChI=1S/C15H10ClNO/c16-14-7-5-11(6-8-14)15(18)9-12-3-1-2-4-13(12)10-17/h1-8H,9H2. The summed E-state index contributed by atoms with van der Waals surface area (Å²) in [4.78, 5) is 12.0. The van der Waals surface area contributed by atoms with Crippen LogP contribution in [0.25, 0.3) is 0 Å². The first-order valence-electron chi connectivity index (χ1n) is 5.47. The summed E-state index contributed by atoms with van der Waals surface area (Å²) in [5.74, 6) is -0.0191. The molecule has 0 aliphatic rings. The van der Waals surface area contributed by atoms with Crippen molar-refractivity contribution in [2.75, 3.05) is 0 Å². The van der Waals surface area contributed by atoms with Gasteiger partial charge < -0.3 is 0 Å². The van der Waals surface area contributed by atoms with E-state index in [1.165, 1.54) is 0 Å². The zero-order chi connectivity index (χ0) is 13.0. The van der Waals surface area contributed by atoms with Gasteiger partial charge in [0.05, 0.1) is 11.6 Å². The van der Waals surface area contributed by atoms with Crippen LogP contribution < -0.4 is 0 Å². The highest BCUT2D eigenvalue weighted by molar-refractivity contribution is 6.30. The van der Waals surface area contributed by atoms with Gasteiger partial charge in [0.15, 0.2) is 5.78 Å². The Bertz CT molecular complexity index is 611. The molecular formula is C15H10ClNO. The summed E-state index contributed by atoms with van der Waals surface area (Å²) in [5, 5.41) is 9.56. The molecule has 0 amide bonds. The minimum Gasteiger partial charge on any atom is -0.294 e. The molecule has 2 aromatic rings. The molecule has 0 spiro atoms. The normalized spacial score (nSPS) is 9.78. The summed E-state index contributed by atoms with van der Waals surface area (Å²) < 4.78 is 0. The van der Waals surface area contributed by atoms with Crippen molar-refractivity contribution in [1.29, 1.82) is 5.26 Å². The number of nitriles is 1. The van der Waals surface area contributed by atoms with Crippen molar-refractivity contribution >= 4 is 17.4 Å². The van der Waals surface area contributed by atoms with Crippen LogP contribution in [0.4, 0.5) is 0 Å². The fourth-order valence-corrected chi connectivity index (χ4v) is 1.82. The van der Waals surface area contributed by atoms with Crippen molar-refractivity contribution in [2.45, 2.75) is 6.42 Å². The Balaban J connectivity index is 2.22. The molecule has 2 rings (SSSR count). The molecule has 0 saturated carbocycles. The lowest BCUT2D eigenvalue weighted by Crippen LogP contribution is -2.04. The summed E-state index contributed by atoms with van der Waals surface area (Å²) in [6.45, 7) is 0. The van der Waals surface area contributed by atoms with Gasteiger partial charge >= 0.3 is 0 Å². The van der Waals surface area contributed by atoms with Crippen LogP contribution in [0.2, 0.25) is 5.02 Å². The second kappa shape index (κ2) is 5.48. The third-order valence-electron chi connectivity index (χ3n) is 2.66. The molecule has 0 radical (unpaired) electrons. The Labute approximate surface area is 110 Å². The van der Waals surface area contributed by atoms with Crippen LogP contribution in [0.3, 0.4) is 0 Å². The Morgan fingerprint density at radius 2 is 1.78 bits per heavy atom. The number of ketones is 1. The van der Waals surface area contributed by atoms with Crippen LogP contribution in [0.1, 0.15) is 21.5 Å². The highest BCUT2D eigenvalue weighted by Crippen LogP contribution is 2.14. The maximum Gasteiger partial charge on any atom is 0.167 e. The van der Waals surface area contributed by atoms with Gasteiger partial charge in [0.1, 0.15) is 0 Å². The van der Waals surface area contributed by atoms with E-state index in [9.17, 15) is 4.79 Å². The van der Waals surface area contributed by atoms with Gasteiger partial charge in [0, 0.05) is 17.0 Å². The average Bonchev–Trinajstić information content (AvgIpc) is 2.40. The van der Waals surface area contributed by atoms with E-state index in [1.807, 2.05) is 6.07 Å². The van der Waals surface area contributed by atoms with Gasteiger partial charge in [0.2, 0.25) is 0 Å². The number of rotatable bonds is 3. The number of benzene rings is 2. The van der Waals surface area contributed by atoms with E-state index >= 15 is 0 Å². The predicted octanol–water partition coefficient (Wildman–Crippen LogP) is 3.64. The van der Waals surface area contributed by atoms with Gasteiger partial charge in [-0.15, -0.1) is 0 Å². The number of halogens is 1. The first-order valence-corrected chi connectivity index (χ1v) is 5.85. The van der Waals surface area contributed by atoms with Gasteiger partial charge in [-0.25, -0.2) is 0 Å². The molecule has 0 aliphatic heterocycles. The molecule has 0 fully saturated rings. The number of hydrogen-bond donors (Lipinski definition) is 0. The van der Waals surface area contributed by atoms with E-state index in [-0.39, 0.29) is 12.2 Å². The second-order valence-electron chi connectivity index (χ2n) is 3.88. The Morgan fingerprint density at radius 1 is 1.11 bits per heavy atom. The smallest absolute Gasteiger partial charge is 0.167 e. The van der Waals surface area contributed by atoms with Gasteiger partial charge in [-0.1, -0.05) is 29.8 Å². The molecule has 0 heterocycles. The van der Waals surface area contributed by atoms with Crippen molar-refractivity contribution in [3.8, 4) is 6.07 Å². The van der Waals surface area contributed by atoms with Crippen LogP contribution in [0, 0.1) is 11.3 Å². The minimum absolute atomic E-state index is 0.0191. The predicted molar refractivity (Wildman–Crippen MR) is 70.6 cm³/mol. The molecular weight excluding hydrogens is 246 g/mol. The molecule has 2 aromatic carbocycles. The quantitative estimate of drug-likeness (QED) is 0.786. The highest BCUT2D eigenvalue weighted by Gasteiger charge is 2.09. The Kier molecular flexibility index (Phi) is 3.76. The van der Waals surface area contributed by atoms with Crippen LogP contribution in [-0.2, 0) is 6.42 Å². The molecule has 0 atom stereocenters. The number of Topliss-reactive ketones (excluding diaryl/α,β-unsaturated/α-hetero) is 1. The monoisotopic (exact) mass is 255 g/mol. The van der Waals surface area contributed by atoms with Gasteiger partial charge in [-0.3, -0.25) is 4.79 Å². The topological polar surface area (TPSA) is 40.9 Å². The lowest BCUT2D eigenvalue weighted by molar-refractivity contribution is 0.0993. The van der Waals surface area contributed by atoms with Crippen molar-refractivity contribution < 1.29 is 4.79 Å². The average molecular weight is 256 g/mol. The van der Waals surface area contributed by atoms with Crippen LogP contribution in [0.5, 0.6) is 0 Å². The Hall–Kier alpha value is -2.11. The fraction of sp³-hybridized carbons (Fsp3) is 0.0667. The molecule has 0 saturated heterocycles. The van der Waals surface area contributed by atoms with Gasteiger partial charge in [0.25, 0.3) is 0 Å². The van der Waals surface area contributed by atoms with Crippen molar-refractivity contribution in [1.82, 2.24) is 0 Å². The van der Waals surface area contributed by atoms with Crippen LogP contribution in [0.15, 0.2) is 48.5 Å². The maximum atomic E-state index is 12.0. The molecule has 0 bridgehead atoms. The van der Waals surface area contributed by atoms with Crippen molar-refractivity contribution in [3.63, 3.8) is 0 Å². The van der Waals surface area contributed by atoms with Crippen molar-refractivity contribution in [2.24, 2.45) is 0 Å². The number of carbonyl (C=O) groups is 1. The summed E-state index contributed by atoms with van der Waals surface area (Å²) >= 11 is 5.77. The van der Waals surface area contributed by atoms with E-state index in [0.717, 1.165) is 5.56 Å². The largest absolute Gasteiger partial charge is 0.294 e. The molecule has 0 aromatic heterocycles. The van der Waals surface area contributed by atoms with Gasteiger partial charge in [-0.2, -0.15) is 5.26 Å². The van der Waals surface area contributed by atoms with Crippen LogP contribution >= 0.6 is 11.6 Å². The minimum atomic E-state index is -0.0191. The van der Waals surface area contributed by atoms with Crippen LogP contribution in [-0.4, -0.2) is 5.78 Å². The summed E-state index contributed by atoms with van der Waals surface area (Å²) in [6, 6.07) is 16.0. The van der Waals surface area contributed by atoms with E-state index in [0.29, 0.717) is 16.1 Å². The summed E-state index contributed by atoms with van der Waals surface area (Å²) in [7, 11) is 0. The fourth-order valence-electron chi connectivity index (χ4n) is 1.69. The second-order valence-corrected chi connectivity index (χ2v) is 4.31. The number of hydrogen-bond acceptors (Lipinski definition) is 2. The molecule has 0 N–H and O–H groups in total. The summed E-state index contributed by atoms with van der Waals surface area (Å²) in [6.07, 6.45) is 0.228. The maximum absolute atomic E-state index is 12.0. The Morgan fingerprint density at radius 3 is 2.44 bits per heavy atom. The lowest BCUT2D eigenvalue weighted by Gasteiger charge is -2.03. The van der Waals surface area contributed by atoms with E-state index in [1.54, 1.807) is 42.5 Å². The molecule has 2 nitrogen and oxygen atoms in total. The first kappa shape index (κ1) is 12.3. The van der Waals surface area contributed by atoms with E-state index in [4.69, 9.17) is 16.9 Å². The first-order chi connectivity index (χ1) is 8.70. The third kappa shape index (κ3) is 2.77. The molecule has 88 valence electrons. The van der Waals surface area contributed by atoms with E-state index in [2.05, 4.69) is 6.07 Å². The van der Waals surface area contributed by atoms with Crippen molar-refractivity contribution in [3.05, 3.63) is 70.2 Å². The zero-order valence-corrected chi connectivity index (χ0v) is 10.3.